The molecule has 1 aliphatic heterocycles. The second-order valence-corrected chi connectivity index (χ2v) is 7.04. The van der Waals surface area contributed by atoms with Crippen LogP contribution in [0.3, 0.4) is 0 Å². The van der Waals surface area contributed by atoms with E-state index < -0.39 is 0 Å². The third-order valence-electron chi connectivity index (χ3n) is 5.16. The number of nitrogens with zero attached hydrogens (tertiary/aromatic N) is 2. The SMILES string of the molecule is Cc1ccc(C2NC(=O)c3nn(-c4ccccc4)c(-c4ccccc4)c32)cc1. The average Bonchev–Trinajstić information content (AvgIpc) is 3.28. The highest BCUT2D eigenvalue weighted by Gasteiger charge is 2.37. The number of amides is 1. The van der Waals surface area contributed by atoms with E-state index in [1.165, 1.54) is 5.56 Å². The minimum absolute atomic E-state index is 0.132. The number of benzene rings is 3. The molecule has 136 valence electrons. The van der Waals surface area contributed by atoms with E-state index in [1.54, 1.807) is 0 Å². The molecule has 0 radical (unpaired) electrons. The molecule has 0 bridgehead atoms. The summed E-state index contributed by atoms with van der Waals surface area (Å²) in [6, 6.07) is 28.2. The largest absolute Gasteiger partial charge is 0.340 e. The smallest absolute Gasteiger partial charge is 0.272 e. The van der Waals surface area contributed by atoms with Gasteiger partial charge in [-0.05, 0) is 24.6 Å². The van der Waals surface area contributed by atoms with Crippen molar-refractivity contribution in [3.8, 4) is 16.9 Å². The van der Waals surface area contributed by atoms with Crippen molar-refractivity contribution in [1.29, 1.82) is 0 Å². The number of hydrogen-bond acceptors (Lipinski definition) is 2. The molecule has 4 aromatic rings. The first-order valence-corrected chi connectivity index (χ1v) is 9.33. The Bertz CT molecular complexity index is 1150. The van der Waals surface area contributed by atoms with Gasteiger partial charge in [0.1, 0.15) is 0 Å². The number of nitrogens with one attached hydrogen (secondary N) is 1. The quantitative estimate of drug-likeness (QED) is 0.573. The van der Waals surface area contributed by atoms with Gasteiger partial charge in [0, 0.05) is 11.1 Å². The molecular formula is C24H19N3O. The van der Waals surface area contributed by atoms with Gasteiger partial charge in [0.05, 0.1) is 17.4 Å². The lowest BCUT2D eigenvalue weighted by molar-refractivity contribution is 0.0955. The van der Waals surface area contributed by atoms with E-state index >= 15 is 0 Å². The van der Waals surface area contributed by atoms with Gasteiger partial charge in [-0.3, -0.25) is 4.79 Å². The number of para-hydroxylation sites is 1. The van der Waals surface area contributed by atoms with Gasteiger partial charge < -0.3 is 5.32 Å². The Labute approximate surface area is 163 Å². The van der Waals surface area contributed by atoms with Gasteiger partial charge in [-0.2, -0.15) is 5.10 Å². The fourth-order valence-corrected chi connectivity index (χ4v) is 3.78. The van der Waals surface area contributed by atoms with Crippen molar-refractivity contribution >= 4 is 5.91 Å². The van der Waals surface area contributed by atoms with Crippen LogP contribution < -0.4 is 5.32 Å². The molecule has 3 aromatic carbocycles. The van der Waals surface area contributed by atoms with Crippen molar-refractivity contribution in [3.05, 3.63) is 107 Å². The van der Waals surface area contributed by atoms with Gasteiger partial charge in [0.25, 0.3) is 5.91 Å². The number of aromatic nitrogens is 2. The van der Waals surface area contributed by atoms with Crippen LogP contribution in [0.25, 0.3) is 16.9 Å². The van der Waals surface area contributed by atoms with Gasteiger partial charge >= 0.3 is 0 Å². The second kappa shape index (κ2) is 6.50. The van der Waals surface area contributed by atoms with Crippen molar-refractivity contribution < 1.29 is 4.79 Å². The summed E-state index contributed by atoms with van der Waals surface area (Å²) in [4.78, 5) is 12.8. The lowest BCUT2D eigenvalue weighted by atomic mass is 9.96. The standard InChI is InChI=1S/C24H19N3O/c1-16-12-14-17(15-13-16)21-20-22(24(28)25-21)26-27(19-10-6-3-7-11-19)23(20)18-8-4-2-5-9-18/h2-15,21H,1H3,(H,25,28). The molecular weight excluding hydrogens is 346 g/mol. The first-order valence-electron chi connectivity index (χ1n) is 9.33. The Hall–Kier alpha value is -3.66. The molecule has 0 aliphatic carbocycles. The van der Waals surface area contributed by atoms with Crippen molar-refractivity contribution in [3.63, 3.8) is 0 Å². The Morgan fingerprint density at radius 3 is 2.18 bits per heavy atom. The molecule has 2 heterocycles. The number of aryl methyl sites for hydroxylation is 1. The third-order valence-corrected chi connectivity index (χ3v) is 5.16. The lowest BCUT2D eigenvalue weighted by Crippen LogP contribution is -2.22. The molecule has 4 nitrogen and oxygen atoms in total. The maximum Gasteiger partial charge on any atom is 0.272 e. The topological polar surface area (TPSA) is 46.9 Å². The van der Waals surface area contributed by atoms with Crippen LogP contribution in [0.1, 0.15) is 33.2 Å². The second-order valence-electron chi connectivity index (χ2n) is 7.04. The van der Waals surface area contributed by atoms with Gasteiger partial charge in [-0.25, -0.2) is 4.68 Å². The first-order chi connectivity index (χ1) is 13.7. The lowest BCUT2D eigenvalue weighted by Gasteiger charge is -2.16. The molecule has 0 fully saturated rings. The summed E-state index contributed by atoms with van der Waals surface area (Å²) in [5, 5.41) is 7.83. The van der Waals surface area contributed by atoms with Crippen LogP contribution in [0.15, 0.2) is 84.9 Å². The number of carbonyl (C=O) groups excluding carboxylic acids is 1. The van der Waals surface area contributed by atoms with Gasteiger partial charge in [0.2, 0.25) is 0 Å². The predicted octanol–water partition coefficient (Wildman–Crippen LogP) is 4.68. The summed E-state index contributed by atoms with van der Waals surface area (Å²) in [6.45, 7) is 2.06. The minimum atomic E-state index is -0.212. The molecule has 5 rings (SSSR count). The Kier molecular flexibility index (Phi) is 3.83. The van der Waals surface area contributed by atoms with E-state index in [-0.39, 0.29) is 11.9 Å². The number of carbonyl (C=O) groups is 1. The van der Waals surface area contributed by atoms with Crippen LogP contribution in [-0.4, -0.2) is 15.7 Å². The number of rotatable bonds is 3. The van der Waals surface area contributed by atoms with Crippen LogP contribution in [0.2, 0.25) is 0 Å². The van der Waals surface area contributed by atoms with Gasteiger partial charge in [-0.1, -0.05) is 78.4 Å². The first kappa shape index (κ1) is 16.5. The molecule has 1 atom stereocenters. The predicted molar refractivity (Wildman–Crippen MR) is 109 cm³/mol. The highest BCUT2D eigenvalue weighted by molar-refractivity contribution is 6.00. The summed E-state index contributed by atoms with van der Waals surface area (Å²) in [6.07, 6.45) is 0. The van der Waals surface area contributed by atoms with Crippen LogP contribution in [0.4, 0.5) is 0 Å². The van der Waals surface area contributed by atoms with Crippen molar-refractivity contribution in [2.75, 3.05) is 0 Å². The zero-order chi connectivity index (χ0) is 19.1. The fourth-order valence-electron chi connectivity index (χ4n) is 3.78. The van der Waals surface area contributed by atoms with Crippen LogP contribution in [0, 0.1) is 6.92 Å². The molecule has 1 unspecified atom stereocenters. The zero-order valence-corrected chi connectivity index (χ0v) is 15.5. The molecule has 1 amide bonds. The van der Waals surface area contributed by atoms with E-state index in [9.17, 15) is 4.79 Å². The normalized spacial score (nSPS) is 15.3. The van der Waals surface area contributed by atoms with Gasteiger partial charge in [0.15, 0.2) is 5.69 Å². The summed E-state index contributed by atoms with van der Waals surface area (Å²) < 4.78 is 1.89. The van der Waals surface area contributed by atoms with Crippen LogP contribution in [-0.2, 0) is 0 Å². The zero-order valence-electron chi connectivity index (χ0n) is 15.5. The van der Waals surface area contributed by atoms with Gasteiger partial charge in [-0.15, -0.1) is 0 Å². The molecule has 0 saturated carbocycles. The fraction of sp³-hybridized carbons (Fsp3) is 0.0833. The van der Waals surface area contributed by atoms with E-state index in [2.05, 4.69) is 48.6 Å². The van der Waals surface area contributed by atoms with Crippen LogP contribution in [0.5, 0.6) is 0 Å². The van der Waals surface area contributed by atoms with E-state index in [0.29, 0.717) is 5.69 Å². The molecule has 1 N–H and O–H groups in total. The molecule has 28 heavy (non-hydrogen) atoms. The van der Waals surface area contributed by atoms with Crippen LogP contribution >= 0.6 is 0 Å². The summed E-state index contributed by atoms with van der Waals surface area (Å²) in [7, 11) is 0. The monoisotopic (exact) mass is 365 g/mol. The number of fused-ring (bicyclic) bond motifs is 1. The molecule has 4 heteroatoms. The van der Waals surface area contributed by atoms with E-state index in [1.807, 2.05) is 53.2 Å². The van der Waals surface area contributed by atoms with Crippen molar-refractivity contribution in [2.45, 2.75) is 13.0 Å². The van der Waals surface area contributed by atoms with Crippen molar-refractivity contribution in [2.24, 2.45) is 0 Å². The minimum Gasteiger partial charge on any atom is -0.340 e. The number of hydrogen-bond donors (Lipinski definition) is 1. The average molecular weight is 365 g/mol. The molecule has 0 spiro atoms. The highest BCUT2D eigenvalue weighted by atomic mass is 16.2. The Morgan fingerprint density at radius 2 is 1.50 bits per heavy atom. The highest BCUT2D eigenvalue weighted by Crippen LogP contribution is 2.39. The maximum atomic E-state index is 12.8. The maximum absolute atomic E-state index is 12.8. The Balaban J connectivity index is 1.77. The molecule has 1 aromatic heterocycles. The third kappa shape index (κ3) is 2.62. The Morgan fingerprint density at radius 1 is 0.857 bits per heavy atom. The molecule has 0 saturated heterocycles. The van der Waals surface area contributed by atoms with Crippen molar-refractivity contribution in [1.82, 2.24) is 15.1 Å². The van der Waals surface area contributed by atoms with E-state index in [0.717, 1.165) is 28.1 Å². The molecule has 1 aliphatic rings. The summed E-state index contributed by atoms with van der Waals surface area (Å²) >= 11 is 0. The summed E-state index contributed by atoms with van der Waals surface area (Å²) in [5.41, 5.74) is 6.60. The van der Waals surface area contributed by atoms with E-state index in [4.69, 9.17) is 5.10 Å². The summed E-state index contributed by atoms with van der Waals surface area (Å²) in [5.74, 6) is -0.132.